The maximum atomic E-state index is 10.2. The van der Waals surface area contributed by atoms with Gasteiger partial charge in [0.25, 0.3) is 0 Å². The normalized spacial score (nSPS) is 11.7. The third-order valence-corrected chi connectivity index (χ3v) is 21.8. The van der Waals surface area contributed by atoms with Crippen LogP contribution in [0.5, 0.6) is 5.75 Å². The standard InChI is InChI=1S/C12H11N2O.3C4H9.Sn/c1-3-14-8-9(7-13)11-5-4-10(15-2)6-12(11)14;3*1-3-4-2;/h4-6H,3H2,1-2H3;3*1,3-4H2,2H3;. The third-order valence-electron chi connectivity index (χ3n) is 6.23. The van der Waals surface area contributed by atoms with E-state index in [0.717, 1.165) is 23.2 Å². The van der Waals surface area contributed by atoms with E-state index in [4.69, 9.17) is 4.74 Å². The molecule has 0 amide bonds. The van der Waals surface area contributed by atoms with Crippen LogP contribution in [0.4, 0.5) is 0 Å². The van der Waals surface area contributed by atoms with E-state index in [2.05, 4.69) is 50.5 Å². The molecule has 0 aliphatic heterocycles. The molecule has 0 saturated heterocycles. The van der Waals surface area contributed by atoms with Crippen molar-refractivity contribution in [3.8, 4) is 11.8 Å². The Morgan fingerprint density at radius 1 is 0.964 bits per heavy atom. The molecule has 0 N–H and O–H groups in total. The average Bonchev–Trinajstić information content (AvgIpc) is 3.06. The number of aryl methyl sites for hydroxylation is 1. The van der Waals surface area contributed by atoms with Crippen molar-refractivity contribution in [3.63, 3.8) is 0 Å². The molecule has 0 saturated carbocycles. The summed E-state index contributed by atoms with van der Waals surface area (Å²) in [5.41, 5.74) is 2.18. The molecule has 0 aliphatic rings. The zero-order valence-corrected chi connectivity index (χ0v) is 21.5. The fourth-order valence-corrected chi connectivity index (χ4v) is 22.2. The van der Waals surface area contributed by atoms with Gasteiger partial charge in [-0.1, -0.05) is 0 Å². The van der Waals surface area contributed by atoms with Crippen LogP contribution in [0.2, 0.25) is 13.3 Å². The number of benzene rings is 1. The van der Waals surface area contributed by atoms with Crippen molar-refractivity contribution in [2.45, 2.75) is 86.1 Å². The Bertz CT molecular complexity index is 781. The quantitative estimate of drug-likeness (QED) is 0.315. The molecule has 0 radical (unpaired) electrons. The van der Waals surface area contributed by atoms with E-state index < -0.39 is 18.4 Å². The van der Waals surface area contributed by atoms with Gasteiger partial charge in [0.1, 0.15) is 0 Å². The van der Waals surface area contributed by atoms with Crippen LogP contribution in [0.15, 0.2) is 18.2 Å². The van der Waals surface area contributed by atoms with Gasteiger partial charge in [0.2, 0.25) is 0 Å². The van der Waals surface area contributed by atoms with Crippen molar-refractivity contribution in [2.75, 3.05) is 7.11 Å². The van der Waals surface area contributed by atoms with E-state index in [1.165, 1.54) is 61.1 Å². The number of unbranched alkanes of at least 4 members (excludes halogenated alkanes) is 3. The zero-order chi connectivity index (χ0) is 20.6. The summed E-state index contributed by atoms with van der Waals surface area (Å²) < 4.78 is 13.7. The molecule has 0 fully saturated rings. The molecule has 4 heteroatoms. The van der Waals surface area contributed by atoms with Gasteiger partial charge in [-0.05, 0) is 0 Å². The first kappa shape index (κ1) is 23.1. The molecule has 28 heavy (non-hydrogen) atoms. The summed E-state index contributed by atoms with van der Waals surface area (Å²) in [4.78, 5) is 0. The van der Waals surface area contributed by atoms with Crippen LogP contribution >= 0.6 is 0 Å². The molecule has 1 aromatic carbocycles. The summed E-state index contributed by atoms with van der Waals surface area (Å²) in [6, 6.07) is 8.91. The van der Waals surface area contributed by atoms with Gasteiger partial charge >= 0.3 is 176 Å². The Morgan fingerprint density at radius 2 is 1.54 bits per heavy atom. The second-order valence-corrected chi connectivity index (χ2v) is 21.0. The van der Waals surface area contributed by atoms with Gasteiger partial charge in [-0.3, -0.25) is 0 Å². The summed E-state index contributed by atoms with van der Waals surface area (Å²) >= 11 is -2.73. The topological polar surface area (TPSA) is 37.9 Å². The molecule has 1 aromatic heterocycles. The van der Waals surface area contributed by atoms with Gasteiger partial charge in [0, 0.05) is 0 Å². The number of aromatic nitrogens is 1. The Balaban J connectivity index is 2.79. The van der Waals surface area contributed by atoms with Crippen LogP contribution in [0.1, 0.15) is 71.8 Å². The van der Waals surface area contributed by atoms with Gasteiger partial charge in [0.15, 0.2) is 0 Å². The van der Waals surface area contributed by atoms with Gasteiger partial charge in [-0.15, -0.1) is 0 Å². The molecule has 0 aliphatic carbocycles. The monoisotopic (exact) mass is 490 g/mol. The summed E-state index contributed by atoms with van der Waals surface area (Å²) in [7, 11) is 1.72. The van der Waals surface area contributed by atoms with Crippen LogP contribution in [0.3, 0.4) is 0 Å². The number of fused-ring (bicyclic) bond motifs is 1. The van der Waals surface area contributed by atoms with Crippen LogP contribution in [-0.4, -0.2) is 30.1 Å². The van der Waals surface area contributed by atoms with E-state index in [0.29, 0.717) is 0 Å². The molecule has 0 unspecified atom stereocenters. The Labute approximate surface area is 175 Å². The Kier molecular flexibility index (Phi) is 9.20. The fourth-order valence-electron chi connectivity index (χ4n) is 4.72. The van der Waals surface area contributed by atoms with Crippen LogP contribution in [0, 0.1) is 11.3 Å². The van der Waals surface area contributed by atoms with E-state index >= 15 is 0 Å². The summed E-state index contributed by atoms with van der Waals surface area (Å²) in [6.45, 7) is 10.1. The molecule has 2 aromatic rings. The second kappa shape index (κ2) is 11.1. The van der Waals surface area contributed by atoms with Gasteiger partial charge in [-0.25, -0.2) is 0 Å². The fraction of sp³-hybridized carbons (Fsp3) is 0.625. The second-order valence-electron chi connectivity index (χ2n) is 8.05. The molecule has 1 heterocycles. The molecule has 0 spiro atoms. The number of nitriles is 1. The van der Waals surface area contributed by atoms with Crippen molar-refractivity contribution in [3.05, 3.63) is 23.8 Å². The minimum atomic E-state index is -2.73. The first-order chi connectivity index (χ1) is 13.6. The van der Waals surface area contributed by atoms with Gasteiger partial charge < -0.3 is 0 Å². The van der Waals surface area contributed by atoms with Gasteiger partial charge in [0.05, 0.1) is 0 Å². The third kappa shape index (κ3) is 4.70. The van der Waals surface area contributed by atoms with Crippen molar-refractivity contribution >= 4 is 33.0 Å². The van der Waals surface area contributed by atoms with Crippen molar-refractivity contribution < 1.29 is 4.74 Å². The van der Waals surface area contributed by atoms with Crippen LogP contribution in [0.25, 0.3) is 10.9 Å². The number of rotatable bonds is 12. The molecular weight excluding hydrogens is 451 g/mol. The van der Waals surface area contributed by atoms with E-state index in [1.54, 1.807) is 7.11 Å². The molecular formula is C24H38N2OSn. The number of nitrogens with zero attached hydrogens (tertiary/aromatic N) is 2. The maximum absolute atomic E-state index is 10.2. The summed E-state index contributed by atoms with van der Waals surface area (Å²) in [6.07, 6.45) is 7.67. The first-order valence-electron chi connectivity index (χ1n) is 11.2. The van der Waals surface area contributed by atoms with Crippen molar-refractivity contribution in [1.82, 2.24) is 4.57 Å². The van der Waals surface area contributed by atoms with Crippen LogP contribution < -0.4 is 8.45 Å². The molecule has 3 nitrogen and oxygen atoms in total. The van der Waals surface area contributed by atoms with Crippen LogP contribution in [-0.2, 0) is 6.54 Å². The minimum absolute atomic E-state index is 0.882. The number of ether oxygens (including phenoxy) is 1. The molecule has 0 bridgehead atoms. The van der Waals surface area contributed by atoms with E-state index in [-0.39, 0.29) is 0 Å². The molecule has 154 valence electrons. The van der Waals surface area contributed by atoms with Crippen molar-refractivity contribution in [2.24, 2.45) is 0 Å². The van der Waals surface area contributed by atoms with Gasteiger partial charge in [-0.2, -0.15) is 0 Å². The average molecular weight is 489 g/mol. The molecule has 2 rings (SSSR count). The first-order valence-corrected chi connectivity index (χ1v) is 18.7. The summed E-state index contributed by atoms with van der Waals surface area (Å²) in [5, 5.41) is 11.4. The van der Waals surface area contributed by atoms with E-state index in [1.807, 2.05) is 6.07 Å². The summed E-state index contributed by atoms with van der Waals surface area (Å²) in [5.74, 6) is 0.882. The SMILES string of the molecule is CCC[CH2][Sn]([CH2]CCC)([CH2]CCC)[c]1c(C#N)c2ccc(OC)cc2n1CC. The van der Waals surface area contributed by atoms with E-state index in [9.17, 15) is 5.26 Å². The Hall–Kier alpha value is -1.15. The predicted molar refractivity (Wildman–Crippen MR) is 123 cm³/mol. The number of hydrogen-bond acceptors (Lipinski definition) is 2. The number of methoxy groups -OCH3 is 1. The number of hydrogen-bond donors (Lipinski definition) is 0. The molecule has 0 atom stereocenters. The van der Waals surface area contributed by atoms with Crippen molar-refractivity contribution in [1.29, 1.82) is 5.26 Å². The predicted octanol–water partition coefficient (Wildman–Crippen LogP) is 6.60. The Morgan fingerprint density at radius 3 is 1.96 bits per heavy atom. The zero-order valence-electron chi connectivity index (χ0n) is 18.6.